The lowest BCUT2D eigenvalue weighted by Crippen LogP contribution is -2.25. The van der Waals surface area contributed by atoms with E-state index in [2.05, 4.69) is 15.0 Å². The van der Waals surface area contributed by atoms with Gasteiger partial charge in [-0.25, -0.2) is 4.98 Å². The molecule has 3 rings (SSSR count). The highest BCUT2D eigenvalue weighted by Crippen LogP contribution is 2.52. The summed E-state index contributed by atoms with van der Waals surface area (Å²) in [5, 5.41) is 0. The number of aromatic amines is 1. The smallest absolute Gasteiger partial charge is 0.351 e. The SMILES string of the molecule is CC[C@@H]1C[C@@]1(Cn1cnc2c(=O)[nH]c(N)nc21)OCP(=O)(O)O. The molecule has 2 aromatic heterocycles. The summed E-state index contributed by atoms with van der Waals surface area (Å²) in [6.45, 7) is 2.29. The summed E-state index contributed by atoms with van der Waals surface area (Å²) in [6, 6.07) is 0. The van der Waals surface area contributed by atoms with Crippen LogP contribution in [0.1, 0.15) is 19.8 Å². The van der Waals surface area contributed by atoms with Gasteiger partial charge >= 0.3 is 7.60 Å². The van der Waals surface area contributed by atoms with Gasteiger partial charge in [-0.2, -0.15) is 4.98 Å². The fraction of sp³-hybridized carbons (Fsp3) is 0.583. The van der Waals surface area contributed by atoms with Crippen molar-refractivity contribution in [2.24, 2.45) is 5.92 Å². The van der Waals surface area contributed by atoms with Crippen LogP contribution in [-0.2, 0) is 15.8 Å². The van der Waals surface area contributed by atoms with Gasteiger partial charge in [-0.3, -0.25) is 14.3 Å². The van der Waals surface area contributed by atoms with Gasteiger partial charge in [0.1, 0.15) is 6.35 Å². The van der Waals surface area contributed by atoms with Gasteiger partial charge in [0.2, 0.25) is 5.95 Å². The molecule has 11 heteroatoms. The van der Waals surface area contributed by atoms with E-state index in [1.54, 1.807) is 4.57 Å². The monoisotopic (exact) mass is 343 g/mol. The highest BCUT2D eigenvalue weighted by atomic mass is 31.2. The average Bonchev–Trinajstić information content (AvgIpc) is 3.01. The molecule has 126 valence electrons. The number of nitrogen functional groups attached to an aromatic ring is 1. The van der Waals surface area contributed by atoms with E-state index in [0.717, 1.165) is 6.42 Å². The molecule has 1 fully saturated rings. The molecule has 2 heterocycles. The van der Waals surface area contributed by atoms with Crippen LogP contribution in [0.3, 0.4) is 0 Å². The third-order valence-corrected chi connectivity index (χ3v) is 4.59. The number of hydrogen-bond acceptors (Lipinski definition) is 6. The zero-order valence-corrected chi connectivity index (χ0v) is 13.4. The third-order valence-electron chi connectivity index (χ3n) is 4.12. The van der Waals surface area contributed by atoms with Crippen LogP contribution in [0.4, 0.5) is 5.95 Å². The van der Waals surface area contributed by atoms with E-state index in [1.165, 1.54) is 6.33 Å². The molecule has 10 nitrogen and oxygen atoms in total. The Kier molecular flexibility index (Phi) is 3.80. The fourth-order valence-corrected chi connectivity index (χ4v) is 3.30. The van der Waals surface area contributed by atoms with Crippen LogP contribution in [0.25, 0.3) is 11.2 Å². The van der Waals surface area contributed by atoms with Gasteiger partial charge in [-0.15, -0.1) is 0 Å². The lowest BCUT2D eigenvalue weighted by molar-refractivity contribution is 0.0281. The molecule has 2 atom stereocenters. The number of aromatic nitrogens is 4. The summed E-state index contributed by atoms with van der Waals surface area (Å²) in [4.78, 5) is 40.3. The third kappa shape index (κ3) is 3.16. The predicted molar refractivity (Wildman–Crippen MR) is 81.7 cm³/mol. The van der Waals surface area contributed by atoms with Crippen molar-refractivity contribution in [3.05, 3.63) is 16.7 Å². The number of imidazole rings is 1. The van der Waals surface area contributed by atoms with E-state index in [9.17, 15) is 9.36 Å². The van der Waals surface area contributed by atoms with Crippen molar-refractivity contribution in [3.8, 4) is 0 Å². The van der Waals surface area contributed by atoms with Crippen LogP contribution < -0.4 is 11.3 Å². The molecule has 0 aromatic carbocycles. The van der Waals surface area contributed by atoms with Gasteiger partial charge in [-0.1, -0.05) is 13.3 Å². The number of nitrogens with one attached hydrogen (secondary N) is 1. The maximum absolute atomic E-state index is 11.8. The summed E-state index contributed by atoms with van der Waals surface area (Å²) in [5.74, 6) is 0.170. The molecule has 1 aliphatic rings. The van der Waals surface area contributed by atoms with Crippen molar-refractivity contribution in [3.63, 3.8) is 0 Å². The van der Waals surface area contributed by atoms with Crippen LogP contribution >= 0.6 is 7.60 Å². The Morgan fingerprint density at radius 2 is 2.35 bits per heavy atom. The van der Waals surface area contributed by atoms with Crippen LogP contribution in [0.15, 0.2) is 11.1 Å². The van der Waals surface area contributed by atoms with E-state index >= 15 is 0 Å². The average molecular weight is 343 g/mol. The standard InChI is InChI=1S/C12H18N5O5P/c1-2-7-3-12(7,22-6-23(19,20)21)4-17-5-14-8-9(17)15-11(13)16-10(8)18/h5,7H,2-4,6H2,1H3,(H2,19,20,21)(H3,13,15,16,18)/t7-,12+/m1/s1. The number of H-pyrrole nitrogens is 1. The van der Waals surface area contributed by atoms with Gasteiger partial charge in [0.25, 0.3) is 5.56 Å². The van der Waals surface area contributed by atoms with Crippen LogP contribution in [0.5, 0.6) is 0 Å². The summed E-state index contributed by atoms with van der Waals surface area (Å²) >= 11 is 0. The van der Waals surface area contributed by atoms with E-state index < -0.39 is 25.1 Å². The molecule has 1 saturated carbocycles. The molecule has 0 radical (unpaired) electrons. The maximum Gasteiger partial charge on any atom is 0.351 e. The van der Waals surface area contributed by atoms with Gasteiger partial charge in [0.05, 0.1) is 18.5 Å². The minimum absolute atomic E-state index is 0.0164. The lowest BCUT2D eigenvalue weighted by atomic mass is 10.2. The van der Waals surface area contributed by atoms with Crippen LogP contribution in [0, 0.1) is 5.92 Å². The Hall–Kier alpha value is -1.74. The molecule has 0 saturated heterocycles. The number of ether oxygens (including phenoxy) is 1. The second-order valence-electron chi connectivity index (χ2n) is 5.81. The first kappa shape index (κ1) is 16.1. The zero-order chi connectivity index (χ0) is 16.8. The van der Waals surface area contributed by atoms with Crippen molar-refractivity contribution < 1.29 is 19.1 Å². The second-order valence-corrected chi connectivity index (χ2v) is 7.40. The van der Waals surface area contributed by atoms with Crippen molar-refractivity contribution >= 4 is 24.7 Å². The first-order valence-corrected chi connectivity index (χ1v) is 8.93. The van der Waals surface area contributed by atoms with Crippen molar-refractivity contribution in [2.45, 2.75) is 31.9 Å². The predicted octanol–water partition coefficient (Wildman–Crippen LogP) is 0.0223. The normalized spacial score (nSPS) is 24.2. The Balaban J connectivity index is 1.90. The first-order chi connectivity index (χ1) is 10.7. The molecule has 0 spiro atoms. The number of anilines is 1. The largest absolute Gasteiger partial charge is 0.369 e. The van der Waals surface area contributed by atoms with Crippen molar-refractivity contribution in [1.82, 2.24) is 19.5 Å². The van der Waals surface area contributed by atoms with Crippen LogP contribution in [-0.4, -0.2) is 41.3 Å². The van der Waals surface area contributed by atoms with Gasteiger partial charge in [0, 0.05) is 0 Å². The van der Waals surface area contributed by atoms with Gasteiger partial charge < -0.3 is 24.8 Å². The van der Waals surface area contributed by atoms with E-state index in [0.29, 0.717) is 18.6 Å². The molecule has 0 unspecified atom stereocenters. The number of hydrogen-bond donors (Lipinski definition) is 4. The molecular weight excluding hydrogens is 325 g/mol. The molecule has 5 N–H and O–H groups in total. The summed E-state index contributed by atoms with van der Waals surface area (Å²) in [5.41, 5.74) is 4.94. The van der Waals surface area contributed by atoms with E-state index in [4.69, 9.17) is 20.3 Å². The highest BCUT2D eigenvalue weighted by Gasteiger charge is 2.55. The minimum atomic E-state index is -4.25. The molecule has 0 bridgehead atoms. The molecule has 0 amide bonds. The van der Waals surface area contributed by atoms with Crippen molar-refractivity contribution in [1.29, 1.82) is 0 Å². The molecule has 2 aromatic rings. The molecular formula is C12H18N5O5P. The van der Waals surface area contributed by atoms with Gasteiger partial charge in [0.15, 0.2) is 11.2 Å². The minimum Gasteiger partial charge on any atom is -0.369 e. The Labute approximate surface area is 130 Å². The Bertz CT molecular complexity index is 842. The Morgan fingerprint density at radius 3 is 2.96 bits per heavy atom. The van der Waals surface area contributed by atoms with Crippen molar-refractivity contribution in [2.75, 3.05) is 12.1 Å². The topological polar surface area (TPSA) is 156 Å². The van der Waals surface area contributed by atoms with Gasteiger partial charge in [-0.05, 0) is 12.3 Å². The number of nitrogens with two attached hydrogens (primary N) is 1. The number of nitrogens with zero attached hydrogens (tertiary/aromatic N) is 3. The number of fused-ring (bicyclic) bond motifs is 1. The van der Waals surface area contributed by atoms with Crippen LogP contribution in [0.2, 0.25) is 0 Å². The highest BCUT2D eigenvalue weighted by molar-refractivity contribution is 7.51. The second kappa shape index (κ2) is 5.41. The molecule has 0 aliphatic heterocycles. The summed E-state index contributed by atoms with van der Waals surface area (Å²) < 4.78 is 18.3. The molecule has 23 heavy (non-hydrogen) atoms. The lowest BCUT2D eigenvalue weighted by Gasteiger charge is -2.19. The summed E-state index contributed by atoms with van der Waals surface area (Å²) in [7, 11) is -4.25. The quantitative estimate of drug-likeness (QED) is 0.535. The van der Waals surface area contributed by atoms with E-state index in [1.807, 2.05) is 6.92 Å². The number of rotatable bonds is 6. The Morgan fingerprint density at radius 1 is 1.61 bits per heavy atom. The summed E-state index contributed by atoms with van der Waals surface area (Å²) in [6.07, 6.45) is 2.33. The maximum atomic E-state index is 11.8. The fourth-order valence-electron chi connectivity index (χ4n) is 2.88. The molecule has 1 aliphatic carbocycles. The zero-order valence-electron chi connectivity index (χ0n) is 12.5. The van der Waals surface area contributed by atoms with E-state index in [-0.39, 0.29) is 17.4 Å². The first-order valence-electron chi connectivity index (χ1n) is 7.13.